The molecule has 0 aromatic carbocycles. The molecule has 1 amide bonds. The third-order valence-electron chi connectivity index (χ3n) is 4.27. The number of carbonyl (C=O) groups excluding carboxylic acids is 2. The Bertz CT molecular complexity index is 726. The molecule has 0 N–H and O–H groups in total. The minimum atomic E-state index is -0.451. The lowest BCUT2D eigenvalue weighted by Gasteiger charge is -2.38. The number of carbonyl (C=O) groups is 2. The molecule has 3 heterocycles. The van der Waals surface area contributed by atoms with Crippen LogP contribution >= 0.6 is 11.3 Å². The highest BCUT2D eigenvalue weighted by Crippen LogP contribution is 2.38. The van der Waals surface area contributed by atoms with E-state index in [1.54, 1.807) is 11.8 Å². The van der Waals surface area contributed by atoms with E-state index in [0.29, 0.717) is 45.4 Å². The Morgan fingerprint density at radius 1 is 1.36 bits per heavy atom. The van der Waals surface area contributed by atoms with Gasteiger partial charge in [-0.25, -0.2) is 4.79 Å². The summed E-state index contributed by atoms with van der Waals surface area (Å²) in [7, 11) is 0. The van der Waals surface area contributed by atoms with Crippen molar-refractivity contribution in [3.05, 3.63) is 10.0 Å². The number of ether oxygens (including phenoxy) is 1. The Hall–Kier alpha value is -2.34. The van der Waals surface area contributed by atoms with E-state index < -0.39 is 11.6 Å². The van der Waals surface area contributed by atoms with Crippen molar-refractivity contribution in [2.45, 2.75) is 44.2 Å². The van der Waals surface area contributed by atoms with Crippen molar-refractivity contribution in [1.29, 1.82) is 0 Å². The standard InChI is InChI=1S/C16H19N5O3S/c1-3-5-7-16(19-20-16)8-6-12(22)21-9-11(10-21)13-17-18-14(25-13)15(23)24-4-2/h1,11H,4-10H2,2H3. The molecule has 0 aliphatic carbocycles. The molecule has 0 bridgehead atoms. The van der Waals surface area contributed by atoms with Crippen LogP contribution < -0.4 is 0 Å². The van der Waals surface area contributed by atoms with E-state index in [0.717, 1.165) is 5.01 Å². The SMILES string of the molecule is C#CCCC1(CCC(=O)N2CC(c3nnc(C(=O)OCC)s3)C2)N=N1. The van der Waals surface area contributed by atoms with Gasteiger partial charge in [0.15, 0.2) is 5.66 Å². The van der Waals surface area contributed by atoms with Crippen LogP contribution in [0.3, 0.4) is 0 Å². The van der Waals surface area contributed by atoms with Crippen LogP contribution in [0.25, 0.3) is 0 Å². The molecule has 1 aromatic heterocycles. The van der Waals surface area contributed by atoms with Gasteiger partial charge in [0.05, 0.1) is 6.61 Å². The molecule has 0 radical (unpaired) electrons. The first kappa shape index (κ1) is 17.5. The van der Waals surface area contributed by atoms with Crippen molar-refractivity contribution in [2.75, 3.05) is 19.7 Å². The monoisotopic (exact) mass is 361 g/mol. The van der Waals surface area contributed by atoms with Gasteiger partial charge < -0.3 is 9.64 Å². The smallest absolute Gasteiger partial charge is 0.369 e. The van der Waals surface area contributed by atoms with Gasteiger partial charge in [-0.3, -0.25) is 4.79 Å². The fourth-order valence-electron chi connectivity index (χ4n) is 2.65. The summed E-state index contributed by atoms with van der Waals surface area (Å²) in [6.45, 7) is 3.25. The number of aromatic nitrogens is 2. The topological polar surface area (TPSA) is 97.1 Å². The fraction of sp³-hybridized carbons (Fsp3) is 0.625. The van der Waals surface area contributed by atoms with Crippen LogP contribution in [-0.2, 0) is 9.53 Å². The first-order chi connectivity index (χ1) is 12.1. The molecular weight excluding hydrogens is 342 g/mol. The summed E-state index contributed by atoms with van der Waals surface area (Å²) < 4.78 is 4.90. The van der Waals surface area contributed by atoms with Crippen LogP contribution in [-0.4, -0.2) is 52.3 Å². The molecule has 0 spiro atoms. The second-order valence-electron chi connectivity index (χ2n) is 6.05. The molecule has 1 fully saturated rings. The summed E-state index contributed by atoms with van der Waals surface area (Å²) in [6, 6.07) is 0. The van der Waals surface area contributed by atoms with Crippen LogP contribution in [0.15, 0.2) is 10.2 Å². The maximum absolute atomic E-state index is 12.2. The molecule has 2 aliphatic heterocycles. The molecule has 1 aromatic rings. The lowest BCUT2D eigenvalue weighted by Crippen LogP contribution is -2.48. The predicted octanol–water partition coefficient (Wildman–Crippen LogP) is 2.00. The number of esters is 1. The number of hydrogen-bond donors (Lipinski definition) is 0. The van der Waals surface area contributed by atoms with Gasteiger partial charge in [0, 0.05) is 44.7 Å². The Labute approximate surface area is 149 Å². The lowest BCUT2D eigenvalue weighted by atomic mass is 9.98. The highest BCUT2D eigenvalue weighted by Gasteiger charge is 2.41. The summed E-state index contributed by atoms with van der Waals surface area (Å²) >= 11 is 1.23. The maximum atomic E-state index is 12.2. The van der Waals surface area contributed by atoms with Crippen molar-refractivity contribution < 1.29 is 14.3 Å². The van der Waals surface area contributed by atoms with Crippen LogP contribution in [0, 0.1) is 12.3 Å². The van der Waals surface area contributed by atoms with E-state index in [2.05, 4.69) is 26.3 Å². The number of nitrogens with zero attached hydrogens (tertiary/aromatic N) is 5. The van der Waals surface area contributed by atoms with Crippen molar-refractivity contribution >= 4 is 23.2 Å². The van der Waals surface area contributed by atoms with Crippen molar-refractivity contribution in [1.82, 2.24) is 15.1 Å². The quantitative estimate of drug-likeness (QED) is 0.521. The Kier molecular flexibility index (Phi) is 5.08. The van der Waals surface area contributed by atoms with Gasteiger partial charge in [-0.05, 0) is 6.92 Å². The first-order valence-electron chi connectivity index (χ1n) is 8.22. The van der Waals surface area contributed by atoms with Crippen molar-refractivity contribution in [3.63, 3.8) is 0 Å². The van der Waals surface area contributed by atoms with Crippen LogP contribution in [0.5, 0.6) is 0 Å². The third kappa shape index (κ3) is 4.02. The third-order valence-corrected chi connectivity index (χ3v) is 5.33. The second-order valence-corrected chi connectivity index (χ2v) is 7.06. The number of likely N-dealkylation sites (tertiary alicyclic amines) is 1. The van der Waals surface area contributed by atoms with Gasteiger partial charge in [-0.1, -0.05) is 11.3 Å². The van der Waals surface area contributed by atoms with Crippen LogP contribution in [0.2, 0.25) is 0 Å². The zero-order valence-electron chi connectivity index (χ0n) is 14.0. The van der Waals surface area contributed by atoms with E-state index in [-0.39, 0.29) is 16.8 Å². The lowest BCUT2D eigenvalue weighted by molar-refractivity contribution is -0.135. The molecule has 2 aliphatic rings. The average molecular weight is 361 g/mol. The molecule has 0 saturated carbocycles. The number of terminal acetylenes is 1. The van der Waals surface area contributed by atoms with Gasteiger partial charge in [0.2, 0.25) is 10.9 Å². The Balaban J connectivity index is 1.42. The largest absolute Gasteiger partial charge is 0.461 e. The van der Waals surface area contributed by atoms with E-state index in [9.17, 15) is 9.59 Å². The normalized spacial score (nSPS) is 17.7. The fourth-order valence-corrected chi connectivity index (χ4v) is 3.47. The Morgan fingerprint density at radius 2 is 2.12 bits per heavy atom. The molecular formula is C16H19N5O3S. The van der Waals surface area contributed by atoms with Gasteiger partial charge in [-0.2, -0.15) is 10.2 Å². The summed E-state index contributed by atoms with van der Waals surface area (Å²) in [5.41, 5.74) is -0.417. The number of hydrogen-bond acceptors (Lipinski definition) is 8. The highest BCUT2D eigenvalue weighted by molar-refractivity contribution is 7.13. The Morgan fingerprint density at radius 3 is 2.76 bits per heavy atom. The van der Waals surface area contributed by atoms with Gasteiger partial charge in [0.1, 0.15) is 5.01 Å². The molecule has 0 atom stereocenters. The average Bonchev–Trinajstić information content (AvgIpc) is 3.17. The molecule has 1 saturated heterocycles. The molecule has 8 nitrogen and oxygen atoms in total. The zero-order chi connectivity index (χ0) is 17.9. The number of amides is 1. The van der Waals surface area contributed by atoms with E-state index in [1.165, 1.54) is 11.3 Å². The van der Waals surface area contributed by atoms with Crippen LogP contribution in [0.1, 0.15) is 53.3 Å². The number of rotatable bonds is 8. The van der Waals surface area contributed by atoms with Gasteiger partial charge >= 0.3 is 5.97 Å². The minimum Gasteiger partial charge on any atom is -0.461 e. The highest BCUT2D eigenvalue weighted by atomic mass is 32.1. The maximum Gasteiger partial charge on any atom is 0.369 e. The molecule has 3 rings (SSSR count). The molecule has 25 heavy (non-hydrogen) atoms. The van der Waals surface area contributed by atoms with E-state index in [4.69, 9.17) is 11.2 Å². The summed E-state index contributed by atoms with van der Waals surface area (Å²) in [6.07, 6.45) is 7.61. The molecule has 0 unspecified atom stereocenters. The molecule has 9 heteroatoms. The van der Waals surface area contributed by atoms with Gasteiger partial charge in [0.25, 0.3) is 0 Å². The second kappa shape index (κ2) is 7.27. The molecule has 132 valence electrons. The summed E-state index contributed by atoms with van der Waals surface area (Å²) in [4.78, 5) is 25.6. The van der Waals surface area contributed by atoms with E-state index >= 15 is 0 Å². The van der Waals surface area contributed by atoms with Crippen molar-refractivity contribution in [3.8, 4) is 12.3 Å². The first-order valence-corrected chi connectivity index (χ1v) is 9.04. The summed E-state index contributed by atoms with van der Waals surface area (Å²) in [5, 5.41) is 17.0. The van der Waals surface area contributed by atoms with Gasteiger partial charge in [-0.15, -0.1) is 22.5 Å². The minimum absolute atomic E-state index is 0.0868. The zero-order valence-corrected chi connectivity index (χ0v) is 14.8. The predicted molar refractivity (Wildman–Crippen MR) is 90.1 cm³/mol. The summed E-state index contributed by atoms with van der Waals surface area (Å²) in [5.74, 6) is 2.35. The van der Waals surface area contributed by atoms with Crippen molar-refractivity contribution in [2.24, 2.45) is 10.2 Å². The van der Waals surface area contributed by atoms with Crippen LogP contribution in [0.4, 0.5) is 0 Å². The van der Waals surface area contributed by atoms with E-state index in [1.807, 2.05) is 0 Å².